The molecule has 0 atom stereocenters. The predicted molar refractivity (Wildman–Crippen MR) is 102 cm³/mol. The highest BCUT2D eigenvalue weighted by atomic mass is 32.1. The molecule has 0 aliphatic carbocycles. The number of benzene rings is 2. The Kier molecular flexibility index (Phi) is 4.14. The van der Waals surface area contributed by atoms with Crippen LogP contribution in [-0.4, -0.2) is 5.97 Å². The van der Waals surface area contributed by atoms with Crippen LogP contribution in [0.25, 0.3) is 22.1 Å². The first kappa shape index (κ1) is 16.3. The fourth-order valence-corrected chi connectivity index (χ4v) is 3.45. The van der Waals surface area contributed by atoms with Gasteiger partial charge in [0.2, 0.25) is 0 Å². The molecule has 4 nitrogen and oxygen atoms in total. The van der Waals surface area contributed by atoms with E-state index in [9.17, 15) is 9.59 Å². The van der Waals surface area contributed by atoms with Gasteiger partial charge in [-0.1, -0.05) is 36.4 Å². The lowest BCUT2D eigenvalue weighted by Gasteiger charge is -2.11. The summed E-state index contributed by atoms with van der Waals surface area (Å²) in [5.41, 5.74) is 2.31. The molecule has 128 valence electrons. The third-order valence-electron chi connectivity index (χ3n) is 4.12. The molecule has 0 spiro atoms. The Bertz CT molecular complexity index is 1140. The van der Waals surface area contributed by atoms with Gasteiger partial charge in [-0.05, 0) is 41.6 Å². The maximum absolute atomic E-state index is 12.2. The number of carbonyl (C=O) groups is 1. The van der Waals surface area contributed by atoms with Gasteiger partial charge >= 0.3 is 11.6 Å². The van der Waals surface area contributed by atoms with Crippen molar-refractivity contribution in [3.63, 3.8) is 0 Å². The maximum atomic E-state index is 12.2. The second-order valence-corrected chi connectivity index (χ2v) is 6.73. The minimum Gasteiger partial charge on any atom is -0.422 e. The van der Waals surface area contributed by atoms with E-state index < -0.39 is 11.6 Å². The van der Waals surface area contributed by atoms with E-state index in [0.717, 1.165) is 16.5 Å². The lowest BCUT2D eigenvalue weighted by Crippen LogP contribution is -2.08. The first-order valence-electron chi connectivity index (χ1n) is 8.02. The smallest absolute Gasteiger partial charge is 0.353 e. The normalized spacial score (nSPS) is 10.8. The van der Waals surface area contributed by atoms with Gasteiger partial charge in [0, 0.05) is 17.0 Å². The van der Waals surface area contributed by atoms with Crippen LogP contribution in [0.4, 0.5) is 0 Å². The van der Waals surface area contributed by atoms with E-state index in [1.54, 1.807) is 25.1 Å². The highest BCUT2D eigenvalue weighted by Crippen LogP contribution is 2.33. The van der Waals surface area contributed by atoms with Gasteiger partial charge < -0.3 is 9.15 Å². The number of aryl methyl sites for hydroxylation is 1. The van der Waals surface area contributed by atoms with Crippen LogP contribution < -0.4 is 10.4 Å². The topological polar surface area (TPSA) is 56.5 Å². The molecular weight excluding hydrogens is 348 g/mol. The molecule has 0 N–H and O–H groups in total. The highest BCUT2D eigenvalue weighted by molar-refractivity contribution is 7.12. The molecule has 0 amide bonds. The number of ether oxygens (including phenoxy) is 1. The van der Waals surface area contributed by atoms with Gasteiger partial charge in [0.15, 0.2) is 0 Å². The summed E-state index contributed by atoms with van der Waals surface area (Å²) in [6.45, 7) is 1.77. The number of carbonyl (C=O) groups excluding carboxylic acids is 1. The molecule has 5 heteroatoms. The first-order valence-corrected chi connectivity index (χ1v) is 8.90. The summed E-state index contributed by atoms with van der Waals surface area (Å²) in [5, 5.41) is 2.61. The van der Waals surface area contributed by atoms with Crippen molar-refractivity contribution in [1.29, 1.82) is 0 Å². The van der Waals surface area contributed by atoms with Gasteiger partial charge in [-0.25, -0.2) is 9.59 Å². The number of thiophene rings is 1. The van der Waals surface area contributed by atoms with Gasteiger partial charge in [-0.3, -0.25) is 0 Å². The molecule has 4 aromatic rings. The first-order chi connectivity index (χ1) is 12.6. The van der Waals surface area contributed by atoms with Crippen LogP contribution in [0.5, 0.6) is 5.75 Å². The molecule has 2 heterocycles. The Hall–Kier alpha value is -3.18. The summed E-state index contributed by atoms with van der Waals surface area (Å²) in [6, 6.07) is 18.2. The number of hydrogen-bond donors (Lipinski definition) is 0. The van der Waals surface area contributed by atoms with Crippen LogP contribution in [0.1, 0.15) is 15.2 Å². The maximum Gasteiger partial charge on any atom is 0.353 e. The highest BCUT2D eigenvalue weighted by Gasteiger charge is 2.16. The summed E-state index contributed by atoms with van der Waals surface area (Å²) in [4.78, 5) is 24.8. The molecule has 4 rings (SSSR count). The van der Waals surface area contributed by atoms with E-state index in [1.165, 1.54) is 17.4 Å². The van der Waals surface area contributed by atoms with Crippen molar-refractivity contribution in [2.24, 2.45) is 0 Å². The summed E-state index contributed by atoms with van der Waals surface area (Å²) < 4.78 is 10.9. The molecule has 0 saturated carbocycles. The monoisotopic (exact) mass is 362 g/mol. The van der Waals surface area contributed by atoms with E-state index in [2.05, 4.69) is 0 Å². The fraction of sp³-hybridized carbons (Fsp3) is 0.0476. The van der Waals surface area contributed by atoms with Crippen LogP contribution in [0.15, 0.2) is 75.3 Å². The summed E-state index contributed by atoms with van der Waals surface area (Å²) in [5.74, 6) is -0.0479. The molecule has 0 fully saturated rings. The van der Waals surface area contributed by atoms with Crippen molar-refractivity contribution >= 4 is 28.3 Å². The zero-order chi connectivity index (χ0) is 18.1. The zero-order valence-corrected chi connectivity index (χ0v) is 14.7. The Labute approximate surface area is 153 Å². The van der Waals surface area contributed by atoms with E-state index >= 15 is 0 Å². The molecule has 0 saturated heterocycles. The SMILES string of the molecule is Cc1c(OC(=O)c2cccs2)ccc2c(-c3ccccc3)cc(=O)oc12. The second-order valence-electron chi connectivity index (χ2n) is 5.78. The minimum atomic E-state index is -0.443. The Morgan fingerprint density at radius 1 is 1.04 bits per heavy atom. The quantitative estimate of drug-likeness (QED) is 0.291. The zero-order valence-electron chi connectivity index (χ0n) is 13.9. The summed E-state index contributed by atoms with van der Waals surface area (Å²) in [6.07, 6.45) is 0. The van der Waals surface area contributed by atoms with Crippen LogP contribution in [-0.2, 0) is 0 Å². The molecule has 0 unspecified atom stereocenters. The average molecular weight is 362 g/mol. The van der Waals surface area contributed by atoms with E-state index in [0.29, 0.717) is 21.8 Å². The summed E-state index contributed by atoms with van der Waals surface area (Å²) in [7, 11) is 0. The van der Waals surface area contributed by atoms with Gasteiger partial charge in [-0.2, -0.15) is 0 Å². The average Bonchev–Trinajstić information content (AvgIpc) is 3.19. The van der Waals surface area contributed by atoms with Crippen LogP contribution in [0, 0.1) is 6.92 Å². The van der Waals surface area contributed by atoms with Crippen LogP contribution >= 0.6 is 11.3 Å². The van der Waals surface area contributed by atoms with Crippen molar-refractivity contribution in [3.05, 3.63) is 86.9 Å². The van der Waals surface area contributed by atoms with Crippen molar-refractivity contribution in [2.45, 2.75) is 6.92 Å². The minimum absolute atomic E-state index is 0.379. The Morgan fingerprint density at radius 3 is 2.58 bits per heavy atom. The molecule has 0 aliphatic heterocycles. The molecule has 0 bridgehead atoms. The largest absolute Gasteiger partial charge is 0.422 e. The molecular formula is C21H14O4S. The Balaban J connectivity index is 1.83. The summed E-state index contributed by atoms with van der Waals surface area (Å²) >= 11 is 1.31. The lowest BCUT2D eigenvalue weighted by molar-refractivity contribution is 0.0739. The van der Waals surface area contributed by atoms with Crippen molar-refractivity contribution in [3.8, 4) is 16.9 Å². The standard InChI is InChI=1S/C21H14O4S/c1-13-17(24-21(23)18-8-5-11-26-18)10-9-15-16(12-19(22)25-20(13)15)14-6-3-2-4-7-14/h2-12H,1H3. The molecule has 2 aromatic carbocycles. The molecule has 2 aromatic heterocycles. The number of hydrogen-bond acceptors (Lipinski definition) is 5. The van der Waals surface area contributed by atoms with Crippen LogP contribution in [0.2, 0.25) is 0 Å². The van der Waals surface area contributed by atoms with Gasteiger partial charge in [0.05, 0.1) is 0 Å². The number of fused-ring (bicyclic) bond motifs is 1. The van der Waals surface area contributed by atoms with Crippen LogP contribution in [0.3, 0.4) is 0 Å². The van der Waals surface area contributed by atoms with E-state index in [1.807, 2.05) is 41.8 Å². The fourth-order valence-electron chi connectivity index (χ4n) is 2.85. The van der Waals surface area contributed by atoms with Gasteiger partial charge in [-0.15, -0.1) is 11.3 Å². The Morgan fingerprint density at radius 2 is 1.85 bits per heavy atom. The predicted octanol–water partition coefficient (Wildman–Crippen LogP) is 5.05. The van der Waals surface area contributed by atoms with Gasteiger partial charge in [0.25, 0.3) is 0 Å². The van der Waals surface area contributed by atoms with Gasteiger partial charge in [0.1, 0.15) is 16.2 Å². The van der Waals surface area contributed by atoms with E-state index in [-0.39, 0.29) is 0 Å². The molecule has 26 heavy (non-hydrogen) atoms. The number of esters is 1. The van der Waals surface area contributed by atoms with Crippen molar-refractivity contribution in [2.75, 3.05) is 0 Å². The van der Waals surface area contributed by atoms with E-state index in [4.69, 9.17) is 9.15 Å². The second kappa shape index (κ2) is 6.61. The van der Waals surface area contributed by atoms with Crippen molar-refractivity contribution in [1.82, 2.24) is 0 Å². The third kappa shape index (κ3) is 2.93. The lowest BCUT2D eigenvalue weighted by atomic mass is 10.0. The third-order valence-corrected chi connectivity index (χ3v) is 4.97. The van der Waals surface area contributed by atoms with Crippen molar-refractivity contribution < 1.29 is 13.9 Å². The number of rotatable bonds is 3. The molecule has 0 aliphatic rings. The molecule has 0 radical (unpaired) electrons.